The summed E-state index contributed by atoms with van der Waals surface area (Å²) in [5.74, 6) is 0.362. The highest BCUT2D eigenvalue weighted by atomic mass is 79.9. The first-order valence-corrected chi connectivity index (χ1v) is 5.88. The highest BCUT2D eigenvalue weighted by Crippen LogP contribution is 2.36. The number of nitrogen functional groups attached to an aromatic ring is 1. The molecule has 1 heterocycles. The summed E-state index contributed by atoms with van der Waals surface area (Å²) in [4.78, 5) is 7.70. The van der Waals surface area contributed by atoms with Gasteiger partial charge in [-0.3, -0.25) is 0 Å². The Morgan fingerprint density at radius 1 is 1.21 bits per heavy atom. The highest BCUT2D eigenvalue weighted by molar-refractivity contribution is 9.10. The number of nitrogens with zero attached hydrogens (tertiary/aromatic N) is 2. The fourth-order valence-electron chi connectivity index (χ4n) is 1.38. The van der Waals surface area contributed by atoms with Crippen molar-refractivity contribution in [1.29, 1.82) is 0 Å². The third-order valence-electron chi connectivity index (χ3n) is 2.21. The molecule has 0 saturated carbocycles. The van der Waals surface area contributed by atoms with Gasteiger partial charge in [0.15, 0.2) is 0 Å². The van der Waals surface area contributed by atoms with Gasteiger partial charge in [-0.2, -0.15) is 18.2 Å². The number of halogens is 4. The SMILES string of the molecule is Nc1ccnc(Nc2ccc(Br)c(C(F)(F)F)c2)n1. The predicted octanol–water partition coefficient (Wildman–Crippen LogP) is 3.58. The normalized spacial score (nSPS) is 11.4. The Morgan fingerprint density at radius 2 is 1.95 bits per heavy atom. The molecule has 0 atom stereocenters. The number of rotatable bonds is 2. The standard InChI is InChI=1S/C11H8BrF3N4/c12-8-2-1-6(5-7(8)11(13,14)15)18-10-17-4-3-9(16)19-10/h1-5H,(H3,16,17,18,19). The summed E-state index contributed by atoms with van der Waals surface area (Å²) in [6, 6.07) is 5.23. The van der Waals surface area contributed by atoms with Crippen LogP contribution in [-0.4, -0.2) is 9.97 Å². The van der Waals surface area contributed by atoms with Crippen LogP contribution in [0.4, 0.5) is 30.6 Å². The van der Waals surface area contributed by atoms with Crippen LogP contribution < -0.4 is 11.1 Å². The van der Waals surface area contributed by atoms with Crippen LogP contribution in [0.3, 0.4) is 0 Å². The molecular formula is C11H8BrF3N4. The van der Waals surface area contributed by atoms with E-state index < -0.39 is 11.7 Å². The van der Waals surface area contributed by atoms with E-state index in [-0.39, 0.29) is 21.9 Å². The largest absolute Gasteiger partial charge is 0.417 e. The summed E-state index contributed by atoms with van der Waals surface area (Å²) in [5.41, 5.74) is 4.90. The van der Waals surface area contributed by atoms with Gasteiger partial charge in [-0.15, -0.1) is 0 Å². The molecule has 0 saturated heterocycles. The first kappa shape index (κ1) is 13.6. The van der Waals surface area contributed by atoms with Gasteiger partial charge in [-0.05, 0) is 24.3 Å². The molecule has 1 aromatic carbocycles. The molecule has 8 heteroatoms. The Bertz CT molecular complexity index is 601. The van der Waals surface area contributed by atoms with Gasteiger partial charge < -0.3 is 11.1 Å². The van der Waals surface area contributed by atoms with Gasteiger partial charge in [0.1, 0.15) is 5.82 Å². The van der Waals surface area contributed by atoms with E-state index in [1.165, 1.54) is 24.4 Å². The summed E-state index contributed by atoms with van der Waals surface area (Å²) in [5, 5.41) is 2.66. The van der Waals surface area contributed by atoms with Gasteiger partial charge in [-0.25, -0.2) is 4.98 Å². The molecule has 0 fully saturated rings. The van der Waals surface area contributed by atoms with Crippen LogP contribution in [-0.2, 0) is 6.18 Å². The van der Waals surface area contributed by atoms with Crippen LogP contribution in [0.1, 0.15) is 5.56 Å². The van der Waals surface area contributed by atoms with Crippen molar-refractivity contribution in [1.82, 2.24) is 9.97 Å². The zero-order chi connectivity index (χ0) is 14.0. The topological polar surface area (TPSA) is 63.8 Å². The fraction of sp³-hybridized carbons (Fsp3) is 0.0909. The molecule has 4 nitrogen and oxygen atoms in total. The number of hydrogen-bond donors (Lipinski definition) is 2. The van der Waals surface area contributed by atoms with Crippen molar-refractivity contribution in [3.63, 3.8) is 0 Å². The summed E-state index contributed by atoms with van der Waals surface area (Å²) in [7, 11) is 0. The number of nitrogens with two attached hydrogens (primary N) is 1. The monoisotopic (exact) mass is 332 g/mol. The van der Waals surface area contributed by atoms with Crippen LogP contribution in [0.5, 0.6) is 0 Å². The van der Waals surface area contributed by atoms with E-state index >= 15 is 0 Å². The zero-order valence-electron chi connectivity index (χ0n) is 9.37. The van der Waals surface area contributed by atoms with Crippen LogP contribution in [0.15, 0.2) is 34.9 Å². The van der Waals surface area contributed by atoms with Gasteiger partial charge in [0, 0.05) is 16.4 Å². The molecule has 19 heavy (non-hydrogen) atoms. The molecule has 0 aliphatic heterocycles. The van der Waals surface area contributed by atoms with E-state index in [0.29, 0.717) is 0 Å². The minimum atomic E-state index is -4.44. The lowest BCUT2D eigenvalue weighted by Gasteiger charge is -2.11. The number of hydrogen-bond acceptors (Lipinski definition) is 4. The lowest BCUT2D eigenvalue weighted by Crippen LogP contribution is -2.07. The molecule has 100 valence electrons. The molecule has 0 unspecified atom stereocenters. The average molecular weight is 333 g/mol. The van der Waals surface area contributed by atoms with Crippen molar-refractivity contribution in [3.05, 3.63) is 40.5 Å². The van der Waals surface area contributed by atoms with Crippen LogP contribution >= 0.6 is 15.9 Å². The summed E-state index contributed by atoms with van der Waals surface area (Å²) in [6.45, 7) is 0. The molecule has 0 radical (unpaired) electrons. The van der Waals surface area contributed by atoms with Crippen molar-refractivity contribution in [2.24, 2.45) is 0 Å². The van der Waals surface area contributed by atoms with Crippen LogP contribution in [0.2, 0.25) is 0 Å². The van der Waals surface area contributed by atoms with E-state index in [1.807, 2.05) is 0 Å². The first-order valence-electron chi connectivity index (χ1n) is 5.08. The minimum absolute atomic E-state index is 0.0287. The third kappa shape index (κ3) is 3.34. The molecule has 3 N–H and O–H groups in total. The van der Waals surface area contributed by atoms with E-state index in [4.69, 9.17) is 5.73 Å². The zero-order valence-corrected chi connectivity index (χ0v) is 11.0. The summed E-state index contributed by atoms with van der Waals surface area (Å²) >= 11 is 2.86. The van der Waals surface area contributed by atoms with Gasteiger partial charge in [0.25, 0.3) is 0 Å². The maximum absolute atomic E-state index is 12.7. The minimum Gasteiger partial charge on any atom is -0.384 e. The van der Waals surface area contributed by atoms with Gasteiger partial charge in [-0.1, -0.05) is 15.9 Å². The highest BCUT2D eigenvalue weighted by Gasteiger charge is 2.33. The molecule has 1 aromatic heterocycles. The maximum Gasteiger partial charge on any atom is 0.417 e. The van der Waals surface area contributed by atoms with Crippen molar-refractivity contribution < 1.29 is 13.2 Å². The summed E-state index contributed by atoms with van der Waals surface area (Å²) in [6.07, 6.45) is -3.03. The maximum atomic E-state index is 12.7. The molecule has 0 aliphatic rings. The molecular weight excluding hydrogens is 325 g/mol. The quantitative estimate of drug-likeness (QED) is 0.882. The van der Waals surface area contributed by atoms with Gasteiger partial charge in [0.05, 0.1) is 5.56 Å². The molecule has 0 aliphatic carbocycles. The Morgan fingerprint density at radius 3 is 2.58 bits per heavy atom. The lowest BCUT2D eigenvalue weighted by atomic mass is 10.2. The Balaban J connectivity index is 2.32. The van der Waals surface area contributed by atoms with E-state index in [1.54, 1.807) is 0 Å². The number of aromatic nitrogens is 2. The predicted molar refractivity (Wildman–Crippen MR) is 68.9 cm³/mol. The van der Waals surface area contributed by atoms with Crippen LogP contribution in [0.25, 0.3) is 0 Å². The molecule has 2 aromatic rings. The Kier molecular flexibility index (Phi) is 3.61. The Labute approximate surface area is 115 Å². The second-order valence-corrected chi connectivity index (χ2v) is 4.48. The molecule has 2 rings (SSSR count). The van der Waals surface area contributed by atoms with Crippen molar-refractivity contribution >= 4 is 33.4 Å². The van der Waals surface area contributed by atoms with E-state index in [2.05, 4.69) is 31.2 Å². The fourth-order valence-corrected chi connectivity index (χ4v) is 1.85. The van der Waals surface area contributed by atoms with E-state index in [0.717, 1.165) is 6.07 Å². The Hall–Kier alpha value is -1.83. The number of alkyl halides is 3. The van der Waals surface area contributed by atoms with E-state index in [9.17, 15) is 13.2 Å². The van der Waals surface area contributed by atoms with Crippen molar-refractivity contribution in [3.8, 4) is 0 Å². The number of anilines is 3. The number of nitrogens with one attached hydrogen (secondary N) is 1. The molecule has 0 amide bonds. The van der Waals surface area contributed by atoms with Crippen LogP contribution in [0, 0.1) is 0 Å². The smallest absolute Gasteiger partial charge is 0.384 e. The third-order valence-corrected chi connectivity index (χ3v) is 2.90. The number of benzene rings is 1. The molecule has 0 bridgehead atoms. The van der Waals surface area contributed by atoms with Gasteiger partial charge >= 0.3 is 6.18 Å². The first-order chi connectivity index (χ1) is 8.86. The average Bonchev–Trinajstić information content (AvgIpc) is 2.30. The second kappa shape index (κ2) is 5.04. The van der Waals surface area contributed by atoms with Gasteiger partial charge in [0.2, 0.25) is 5.95 Å². The van der Waals surface area contributed by atoms with Crippen molar-refractivity contribution in [2.75, 3.05) is 11.1 Å². The lowest BCUT2D eigenvalue weighted by molar-refractivity contribution is -0.138. The summed E-state index contributed by atoms with van der Waals surface area (Å²) < 4.78 is 38.1. The second-order valence-electron chi connectivity index (χ2n) is 3.62. The van der Waals surface area contributed by atoms with Crippen molar-refractivity contribution in [2.45, 2.75) is 6.18 Å². The molecule has 0 spiro atoms.